The van der Waals surface area contributed by atoms with Crippen molar-refractivity contribution >= 4 is 44.1 Å². The van der Waals surface area contributed by atoms with E-state index in [1.54, 1.807) is 17.4 Å². The van der Waals surface area contributed by atoms with Crippen LogP contribution < -0.4 is 0 Å². The number of halogens is 1. The zero-order chi connectivity index (χ0) is 13.4. The summed E-state index contributed by atoms with van der Waals surface area (Å²) in [6, 6.07) is 8.33. The van der Waals surface area contributed by atoms with E-state index in [0.717, 1.165) is 10.2 Å². The van der Waals surface area contributed by atoms with Crippen LogP contribution in [0.15, 0.2) is 34.7 Å². The first-order valence-electron chi connectivity index (χ1n) is 5.37. The Kier molecular flexibility index (Phi) is 3.08. The number of non-ortho nitro benzene ring substituents is 1. The third-order valence-corrected chi connectivity index (χ3v) is 4.63. The fraction of sp³-hybridized carbons (Fsp3) is 0.0833. The molecule has 0 aliphatic rings. The van der Waals surface area contributed by atoms with Crippen LogP contribution in [0.3, 0.4) is 0 Å². The molecule has 1 aromatic carbocycles. The molecule has 0 bridgehead atoms. The van der Waals surface area contributed by atoms with Crippen LogP contribution in [0.1, 0.15) is 4.88 Å². The summed E-state index contributed by atoms with van der Waals surface area (Å²) in [6.07, 6.45) is 0. The molecule has 0 aliphatic heterocycles. The second kappa shape index (κ2) is 4.75. The Bertz CT molecular complexity index is 765. The van der Waals surface area contributed by atoms with Gasteiger partial charge in [0.1, 0.15) is 5.52 Å². The number of nitrogens with zero attached hydrogens (tertiary/aromatic N) is 2. The molecule has 0 fully saturated rings. The van der Waals surface area contributed by atoms with E-state index >= 15 is 0 Å². The topological polar surface area (TPSA) is 69.2 Å². The van der Waals surface area contributed by atoms with Gasteiger partial charge in [-0.1, -0.05) is 15.9 Å². The maximum absolute atomic E-state index is 10.7. The molecule has 0 radical (unpaired) electrons. The molecule has 2 aromatic heterocycles. The Hall–Kier alpha value is -1.73. The van der Waals surface area contributed by atoms with Crippen LogP contribution in [0.2, 0.25) is 0 Å². The predicted molar refractivity (Wildman–Crippen MR) is 76.6 cm³/mol. The van der Waals surface area contributed by atoms with Crippen LogP contribution in [-0.4, -0.2) is 9.91 Å². The highest BCUT2D eigenvalue weighted by atomic mass is 79.9. The van der Waals surface area contributed by atoms with Crippen molar-refractivity contribution in [3.05, 3.63) is 45.3 Å². The van der Waals surface area contributed by atoms with Gasteiger partial charge in [0.05, 0.1) is 9.80 Å². The molecular weight excluding hydrogens is 332 g/mol. The van der Waals surface area contributed by atoms with E-state index in [1.165, 1.54) is 17.0 Å². The lowest BCUT2D eigenvalue weighted by atomic mass is 10.3. The highest BCUT2D eigenvalue weighted by molar-refractivity contribution is 9.08. The average molecular weight is 339 g/mol. The molecule has 5 nitrogen and oxygen atoms in total. The van der Waals surface area contributed by atoms with Gasteiger partial charge in [0.2, 0.25) is 5.89 Å². The normalized spacial score (nSPS) is 11.0. The second-order valence-corrected chi connectivity index (χ2v) is 5.56. The first-order chi connectivity index (χ1) is 9.17. The van der Waals surface area contributed by atoms with Crippen molar-refractivity contribution in [2.24, 2.45) is 0 Å². The van der Waals surface area contributed by atoms with Crippen LogP contribution in [0.25, 0.3) is 21.9 Å². The molecule has 7 heteroatoms. The first-order valence-corrected chi connectivity index (χ1v) is 7.31. The highest BCUT2D eigenvalue weighted by Crippen LogP contribution is 2.32. The molecule has 0 amide bonds. The van der Waals surface area contributed by atoms with Crippen LogP contribution in [0.4, 0.5) is 5.69 Å². The van der Waals surface area contributed by atoms with Gasteiger partial charge in [-0.2, -0.15) is 0 Å². The Morgan fingerprint density at radius 1 is 1.37 bits per heavy atom. The highest BCUT2D eigenvalue weighted by Gasteiger charge is 2.13. The molecule has 3 rings (SSSR count). The maximum atomic E-state index is 10.7. The molecular formula is C12H7BrN2O3S. The van der Waals surface area contributed by atoms with E-state index in [9.17, 15) is 10.1 Å². The minimum absolute atomic E-state index is 0.0136. The Morgan fingerprint density at radius 2 is 2.21 bits per heavy atom. The standard InChI is InChI=1S/C12H7BrN2O3S/c13-6-8-2-4-11(19-8)12-14-9-5-7(15(16)17)1-3-10(9)18-12/h1-5H,6H2. The SMILES string of the molecule is O=[N+]([O-])c1ccc2oc(-c3ccc(CBr)s3)nc2c1. The molecule has 3 aromatic rings. The average Bonchev–Trinajstić information content (AvgIpc) is 3.03. The van der Waals surface area contributed by atoms with E-state index in [1.807, 2.05) is 12.1 Å². The quantitative estimate of drug-likeness (QED) is 0.404. The number of hydrogen-bond donors (Lipinski definition) is 0. The minimum Gasteiger partial charge on any atom is -0.435 e. The lowest BCUT2D eigenvalue weighted by molar-refractivity contribution is -0.384. The van der Waals surface area contributed by atoms with E-state index in [0.29, 0.717) is 17.0 Å². The fourth-order valence-corrected chi connectivity index (χ4v) is 3.01. The Balaban J connectivity index is 2.08. The third kappa shape index (κ3) is 2.26. The van der Waals surface area contributed by atoms with Gasteiger partial charge < -0.3 is 4.42 Å². The van der Waals surface area contributed by atoms with Gasteiger partial charge in [-0.25, -0.2) is 4.98 Å². The molecule has 0 saturated carbocycles. The molecule has 0 spiro atoms. The number of hydrogen-bond acceptors (Lipinski definition) is 5. The van der Waals surface area contributed by atoms with E-state index in [4.69, 9.17) is 4.42 Å². The molecule has 0 unspecified atom stereocenters. The van der Waals surface area contributed by atoms with Gasteiger partial charge in [0.25, 0.3) is 5.69 Å². The lowest BCUT2D eigenvalue weighted by Crippen LogP contribution is -1.86. The van der Waals surface area contributed by atoms with E-state index in [2.05, 4.69) is 20.9 Å². The predicted octanol–water partition coefficient (Wildman–Crippen LogP) is 4.36. The summed E-state index contributed by atoms with van der Waals surface area (Å²) >= 11 is 4.96. The van der Waals surface area contributed by atoms with Crippen LogP contribution in [0, 0.1) is 10.1 Å². The number of oxazole rings is 1. The van der Waals surface area contributed by atoms with Gasteiger partial charge >= 0.3 is 0 Å². The van der Waals surface area contributed by atoms with Gasteiger partial charge in [0.15, 0.2) is 5.58 Å². The summed E-state index contributed by atoms with van der Waals surface area (Å²) < 4.78 is 5.61. The molecule has 0 aliphatic carbocycles. The van der Waals surface area contributed by atoms with Crippen LogP contribution in [-0.2, 0) is 5.33 Å². The molecule has 96 valence electrons. The third-order valence-electron chi connectivity index (χ3n) is 2.59. The number of nitro groups is 1. The number of alkyl halides is 1. The smallest absolute Gasteiger partial charge is 0.271 e. The lowest BCUT2D eigenvalue weighted by Gasteiger charge is -1.88. The zero-order valence-corrected chi connectivity index (χ0v) is 11.9. The zero-order valence-electron chi connectivity index (χ0n) is 9.50. The minimum atomic E-state index is -0.443. The molecule has 0 N–H and O–H groups in total. The molecule has 2 heterocycles. The van der Waals surface area contributed by atoms with Crippen molar-refractivity contribution < 1.29 is 9.34 Å². The second-order valence-electron chi connectivity index (χ2n) is 3.83. The van der Waals surface area contributed by atoms with Crippen molar-refractivity contribution in [2.45, 2.75) is 5.33 Å². The number of aromatic nitrogens is 1. The van der Waals surface area contributed by atoms with Gasteiger partial charge in [0, 0.05) is 22.3 Å². The van der Waals surface area contributed by atoms with Gasteiger partial charge in [-0.05, 0) is 18.2 Å². The largest absolute Gasteiger partial charge is 0.435 e. The summed E-state index contributed by atoms with van der Waals surface area (Å²) in [6.45, 7) is 0. The van der Waals surface area contributed by atoms with Crippen molar-refractivity contribution in [1.82, 2.24) is 4.98 Å². The van der Waals surface area contributed by atoms with Crippen molar-refractivity contribution in [3.63, 3.8) is 0 Å². The fourth-order valence-electron chi connectivity index (χ4n) is 1.70. The number of fused-ring (bicyclic) bond motifs is 1. The summed E-state index contributed by atoms with van der Waals surface area (Å²) in [7, 11) is 0. The summed E-state index contributed by atoms with van der Waals surface area (Å²) in [4.78, 5) is 16.6. The Labute approximate surface area is 120 Å². The van der Waals surface area contributed by atoms with Gasteiger partial charge in [-0.3, -0.25) is 10.1 Å². The van der Waals surface area contributed by atoms with Crippen LogP contribution in [0.5, 0.6) is 0 Å². The summed E-state index contributed by atoms with van der Waals surface area (Å²) in [5, 5.41) is 11.5. The molecule has 0 saturated heterocycles. The van der Waals surface area contributed by atoms with Crippen molar-refractivity contribution in [2.75, 3.05) is 0 Å². The maximum Gasteiger partial charge on any atom is 0.271 e. The van der Waals surface area contributed by atoms with Crippen molar-refractivity contribution in [1.29, 1.82) is 0 Å². The Morgan fingerprint density at radius 3 is 2.89 bits per heavy atom. The number of benzene rings is 1. The summed E-state index contributed by atoms with van der Waals surface area (Å²) in [5.74, 6) is 0.493. The van der Waals surface area contributed by atoms with Gasteiger partial charge in [-0.15, -0.1) is 11.3 Å². The number of rotatable bonds is 3. The van der Waals surface area contributed by atoms with Crippen LogP contribution >= 0.6 is 27.3 Å². The van der Waals surface area contributed by atoms with E-state index < -0.39 is 4.92 Å². The molecule has 0 atom stereocenters. The summed E-state index contributed by atoms with van der Waals surface area (Å²) in [5.41, 5.74) is 1.06. The van der Waals surface area contributed by atoms with Crippen molar-refractivity contribution in [3.8, 4) is 10.8 Å². The number of thiophene rings is 1. The first kappa shape index (κ1) is 12.3. The van der Waals surface area contributed by atoms with E-state index in [-0.39, 0.29) is 5.69 Å². The molecule has 19 heavy (non-hydrogen) atoms. The number of nitro benzene ring substituents is 1. The monoisotopic (exact) mass is 338 g/mol.